The van der Waals surface area contributed by atoms with Crippen molar-refractivity contribution in [3.8, 4) is 11.4 Å². The first kappa shape index (κ1) is 15.4. The van der Waals surface area contributed by atoms with Crippen molar-refractivity contribution >= 4 is 17.5 Å². The summed E-state index contributed by atoms with van der Waals surface area (Å²) in [6.45, 7) is 0.294. The lowest BCUT2D eigenvalue weighted by atomic mass is 10.2. The van der Waals surface area contributed by atoms with E-state index in [0.29, 0.717) is 36.1 Å². The molecular weight excluding hydrogens is 324 g/mol. The maximum absolute atomic E-state index is 11.7. The van der Waals surface area contributed by atoms with Gasteiger partial charge in [0.1, 0.15) is 5.92 Å². The van der Waals surface area contributed by atoms with Crippen molar-refractivity contribution in [2.75, 3.05) is 6.54 Å². The molecule has 1 saturated carbocycles. The van der Waals surface area contributed by atoms with E-state index >= 15 is 0 Å². The molecule has 0 spiro atoms. The highest BCUT2D eigenvalue weighted by Gasteiger charge is 2.53. The molecule has 0 radical (unpaired) electrons. The van der Waals surface area contributed by atoms with Crippen LogP contribution in [0.3, 0.4) is 0 Å². The summed E-state index contributed by atoms with van der Waals surface area (Å²) >= 11 is 5.82. The number of nitro groups is 1. The van der Waals surface area contributed by atoms with Crippen molar-refractivity contribution in [3.05, 3.63) is 45.3 Å². The molecule has 9 heteroatoms. The molecule has 0 bridgehead atoms. The van der Waals surface area contributed by atoms with Crippen molar-refractivity contribution in [3.63, 3.8) is 0 Å². The SMILES string of the molecule is O=C(NCCc1nc(-c2ccc(Cl)cc2)no1)[C@H]1C[C@H]1[N+](=O)[O-]. The predicted octanol–water partition coefficient (Wildman–Crippen LogP) is 1.71. The second-order valence-corrected chi connectivity index (χ2v) is 5.69. The highest BCUT2D eigenvalue weighted by Crippen LogP contribution is 2.32. The van der Waals surface area contributed by atoms with Crippen LogP contribution in [0.4, 0.5) is 0 Å². The molecular formula is C14H13ClN4O4. The number of benzene rings is 1. The van der Waals surface area contributed by atoms with E-state index in [0.717, 1.165) is 5.56 Å². The molecule has 0 unspecified atom stereocenters. The van der Waals surface area contributed by atoms with Gasteiger partial charge in [0.25, 0.3) is 0 Å². The van der Waals surface area contributed by atoms with Gasteiger partial charge in [0, 0.05) is 34.9 Å². The zero-order valence-electron chi connectivity index (χ0n) is 11.9. The van der Waals surface area contributed by atoms with E-state index in [1.54, 1.807) is 24.3 Å². The molecule has 0 saturated heterocycles. The van der Waals surface area contributed by atoms with Gasteiger partial charge in [-0.3, -0.25) is 14.9 Å². The first-order valence-corrected chi connectivity index (χ1v) is 7.42. The Morgan fingerprint density at radius 2 is 2.17 bits per heavy atom. The zero-order valence-corrected chi connectivity index (χ0v) is 12.7. The number of hydrogen-bond donors (Lipinski definition) is 1. The minimum Gasteiger partial charge on any atom is -0.355 e. The number of hydrogen-bond acceptors (Lipinski definition) is 6. The Labute approximate surface area is 136 Å². The molecule has 1 amide bonds. The number of amides is 1. The molecule has 1 aliphatic carbocycles. The number of carbonyl (C=O) groups excluding carboxylic acids is 1. The summed E-state index contributed by atoms with van der Waals surface area (Å²) in [5.74, 6) is 0.0110. The molecule has 2 aromatic rings. The first-order chi connectivity index (χ1) is 11.0. The highest BCUT2D eigenvalue weighted by atomic mass is 35.5. The van der Waals surface area contributed by atoms with Gasteiger partial charge >= 0.3 is 0 Å². The van der Waals surface area contributed by atoms with E-state index < -0.39 is 16.9 Å². The maximum Gasteiger partial charge on any atom is 0.230 e. The molecule has 0 aliphatic heterocycles. The van der Waals surface area contributed by atoms with Gasteiger partial charge in [0.15, 0.2) is 0 Å². The molecule has 120 valence electrons. The van der Waals surface area contributed by atoms with Gasteiger partial charge in [-0.1, -0.05) is 16.8 Å². The molecule has 1 aromatic carbocycles. The Kier molecular flexibility index (Phi) is 4.24. The van der Waals surface area contributed by atoms with Crippen LogP contribution in [0.15, 0.2) is 28.8 Å². The number of nitrogens with zero attached hydrogens (tertiary/aromatic N) is 3. The third-order valence-corrected chi connectivity index (χ3v) is 3.82. The Balaban J connectivity index is 1.49. The Hall–Kier alpha value is -2.48. The van der Waals surface area contributed by atoms with Crippen LogP contribution >= 0.6 is 11.6 Å². The van der Waals surface area contributed by atoms with Crippen LogP contribution in [0.5, 0.6) is 0 Å². The maximum atomic E-state index is 11.7. The van der Waals surface area contributed by atoms with Gasteiger partial charge in [-0.05, 0) is 24.3 Å². The summed E-state index contributed by atoms with van der Waals surface area (Å²) in [4.78, 5) is 26.0. The van der Waals surface area contributed by atoms with Gasteiger partial charge in [-0.25, -0.2) is 0 Å². The molecule has 1 fully saturated rings. The standard InChI is InChI=1S/C14H13ClN4O4/c15-9-3-1-8(2-4-9)13-17-12(23-18-13)5-6-16-14(20)10-7-11(10)19(21)22/h1-4,10-11H,5-7H2,(H,16,20)/t10-,11+/m0/s1. The van der Waals surface area contributed by atoms with Gasteiger partial charge in [-0.2, -0.15) is 4.98 Å². The summed E-state index contributed by atoms with van der Waals surface area (Å²) in [5, 5.41) is 17.6. The van der Waals surface area contributed by atoms with E-state index in [4.69, 9.17) is 16.1 Å². The number of aromatic nitrogens is 2. The molecule has 23 heavy (non-hydrogen) atoms. The van der Waals surface area contributed by atoms with Crippen molar-refractivity contribution in [1.29, 1.82) is 0 Å². The zero-order chi connectivity index (χ0) is 16.4. The van der Waals surface area contributed by atoms with Crippen LogP contribution in [0, 0.1) is 16.0 Å². The quantitative estimate of drug-likeness (QED) is 0.635. The van der Waals surface area contributed by atoms with Gasteiger partial charge in [0.05, 0.1) is 0 Å². The monoisotopic (exact) mass is 336 g/mol. The van der Waals surface area contributed by atoms with E-state index in [1.165, 1.54) is 0 Å². The smallest absolute Gasteiger partial charge is 0.230 e. The van der Waals surface area contributed by atoms with E-state index in [-0.39, 0.29) is 5.91 Å². The third-order valence-electron chi connectivity index (χ3n) is 3.57. The van der Waals surface area contributed by atoms with Crippen molar-refractivity contribution in [1.82, 2.24) is 15.5 Å². The lowest BCUT2D eigenvalue weighted by Gasteiger charge is -2.00. The summed E-state index contributed by atoms with van der Waals surface area (Å²) < 4.78 is 5.11. The lowest BCUT2D eigenvalue weighted by molar-refractivity contribution is -0.497. The Bertz CT molecular complexity index is 731. The van der Waals surface area contributed by atoms with E-state index in [9.17, 15) is 14.9 Å². The predicted molar refractivity (Wildman–Crippen MR) is 80.3 cm³/mol. The number of rotatable bonds is 6. The lowest BCUT2D eigenvalue weighted by Crippen LogP contribution is -2.29. The molecule has 2 atom stereocenters. The van der Waals surface area contributed by atoms with Crippen LogP contribution in [0.25, 0.3) is 11.4 Å². The van der Waals surface area contributed by atoms with Crippen LogP contribution in [0.1, 0.15) is 12.3 Å². The fourth-order valence-electron chi connectivity index (χ4n) is 2.19. The number of halogens is 1. The first-order valence-electron chi connectivity index (χ1n) is 7.04. The van der Waals surface area contributed by atoms with Gasteiger partial charge < -0.3 is 9.84 Å². The highest BCUT2D eigenvalue weighted by molar-refractivity contribution is 6.30. The average Bonchev–Trinajstić information content (AvgIpc) is 3.21. The minimum absolute atomic E-state index is 0.294. The van der Waals surface area contributed by atoms with Gasteiger partial charge in [-0.15, -0.1) is 0 Å². The van der Waals surface area contributed by atoms with E-state index in [2.05, 4.69) is 15.5 Å². The average molecular weight is 337 g/mol. The van der Waals surface area contributed by atoms with Gasteiger partial charge in [0.2, 0.25) is 23.7 Å². The Morgan fingerprint density at radius 3 is 2.83 bits per heavy atom. The topological polar surface area (TPSA) is 111 Å². The largest absolute Gasteiger partial charge is 0.355 e. The van der Waals surface area contributed by atoms with Crippen LogP contribution in [-0.4, -0.2) is 33.6 Å². The van der Waals surface area contributed by atoms with Crippen molar-refractivity contribution in [2.24, 2.45) is 5.92 Å². The van der Waals surface area contributed by atoms with Crippen LogP contribution in [0.2, 0.25) is 5.02 Å². The minimum atomic E-state index is -0.741. The second kappa shape index (κ2) is 6.33. The molecule has 1 heterocycles. The summed E-state index contributed by atoms with van der Waals surface area (Å²) in [7, 11) is 0. The molecule has 1 aliphatic rings. The van der Waals surface area contributed by atoms with E-state index in [1.807, 2.05) is 0 Å². The molecule has 8 nitrogen and oxygen atoms in total. The molecule has 1 aromatic heterocycles. The molecule has 3 rings (SSSR count). The fourth-order valence-corrected chi connectivity index (χ4v) is 2.32. The summed E-state index contributed by atoms with van der Waals surface area (Å²) in [5.41, 5.74) is 0.778. The summed E-state index contributed by atoms with van der Waals surface area (Å²) in [6, 6.07) is 6.28. The normalized spacial score (nSPS) is 19.3. The number of carbonyl (C=O) groups is 1. The van der Waals surface area contributed by atoms with Crippen molar-refractivity contribution in [2.45, 2.75) is 18.9 Å². The summed E-state index contributed by atoms with van der Waals surface area (Å²) in [6.07, 6.45) is 0.669. The Morgan fingerprint density at radius 1 is 1.43 bits per heavy atom. The second-order valence-electron chi connectivity index (χ2n) is 5.25. The number of nitrogens with one attached hydrogen (secondary N) is 1. The fraction of sp³-hybridized carbons (Fsp3) is 0.357. The van der Waals surface area contributed by atoms with Crippen LogP contribution in [-0.2, 0) is 11.2 Å². The molecule has 1 N–H and O–H groups in total. The van der Waals surface area contributed by atoms with Crippen molar-refractivity contribution < 1.29 is 14.2 Å². The third kappa shape index (κ3) is 3.65. The van der Waals surface area contributed by atoms with Crippen LogP contribution < -0.4 is 5.32 Å².